The maximum absolute atomic E-state index is 14.2. The predicted octanol–water partition coefficient (Wildman–Crippen LogP) is 7.03. The fraction of sp³-hybridized carbons (Fsp3) is 0.414. The van der Waals surface area contributed by atoms with Crippen molar-refractivity contribution in [3.8, 4) is 21.8 Å². The quantitative estimate of drug-likeness (QED) is 0.102. The number of nitrogens with zero attached hydrogens (tertiary/aromatic N) is 4. The summed E-state index contributed by atoms with van der Waals surface area (Å²) in [5.74, 6) is -0.616. The first-order valence-corrected chi connectivity index (χ1v) is 19.0. The van der Waals surface area contributed by atoms with Crippen molar-refractivity contribution in [1.29, 1.82) is 0 Å². The molecule has 13 heteroatoms. The first-order chi connectivity index (χ1) is 19.8. The van der Waals surface area contributed by atoms with E-state index < -0.39 is 25.6 Å². The molecule has 0 saturated heterocycles. The van der Waals surface area contributed by atoms with Gasteiger partial charge in [-0.1, -0.05) is 25.7 Å². The lowest BCUT2D eigenvalue weighted by atomic mass is 9.99. The van der Waals surface area contributed by atoms with Crippen LogP contribution in [0.3, 0.4) is 0 Å². The lowest BCUT2D eigenvalue weighted by molar-refractivity contribution is 0.0523. The van der Waals surface area contributed by atoms with Crippen LogP contribution in [0.25, 0.3) is 21.8 Å². The summed E-state index contributed by atoms with van der Waals surface area (Å²) in [6.45, 7) is 13.5. The third-order valence-corrected chi connectivity index (χ3v) is 9.37. The molecule has 0 unspecified atom stereocenters. The molecule has 0 radical (unpaired) electrons. The lowest BCUT2D eigenvalue weighted by Gasteiger charge is -2.19. The second kappa shape index (κ2) is 13.4. The van der Waals surface area contributed by atoms with Crippen molar-refractivity contribution in [2.24, 2.45) is 0 Å². The Morgan fingerprint density at radius 3 is 2.64 bits per heavy atom. The molecule has 9 nitrogen and oxygen atoms in total. The molecular formula is C29H36FN5O4S2Si. The summed E-state index contributed by atoms with van der Waals surface area (Å²) in [5, 5.41) is 11.9. The molecular weight excluding hydrogens is 594 g/mol. The minimum absolute atomic E-state index is 0.0337. The number of alkyl carbamates (subject to hydrolysis) is 1. The van der Waals surface area contributed by atoms with Gasteiger partial charge in [-0.05, 0) is 44.5 Å². The number of ether oxygens (including phenoxy) is 2. The number of benzene rings is 1. The number of rotatable bonds is 12. The number of Topliss-reactive ketones (excluding diaryl/α,β-unsaturated/α-hetero) is 1. The van der Waals surface area contributed by atoms with E-state index in [0.717, 1.165) is 11.6 Å². The molecule has 1 aromatic carbocycles. The smallest absolute Gasteiger partial charge is 0.408 e. The van der Waals surface area contributed by atoms with Crippen LogP contribution in [0.2, 0.25) is 25.7 Å². The number of halogens is 1. The Morgan fingerprint density at radius 2 is 1.90 bits per heavy atom. The van der Waals surface area contributed by atoms with E-state index in [1.54, 1.807) is 48.5 Å². The average Bonchev–Trinajstić information content (AvgIpc) is 3.66. The number of carbonyl (C=O) groups excluding carboxylic acids is 2. The third kappa shape index (κ3) is 9.38. The third-order valence-electron chi connectivity index (χ3n) is 5.92. The van der Waals surface area contributed by atoms with Gasteiger partial charge in [0, 0.05) is 49.2 Å². The van der Waals surface area contributed by atoms with Crippen LogP contribution in [0.1, 0.15) is 41.8 Å². The highest BCUT2D eigenvalue weighted by Gasteiger charge is 2.19. The summed E-state index contributed by atoms with van der Waals surface area (Å²) in [5.41, 5.74) is 2.23. The zero-order valence-corrected chi connectivity index (χ0v) is 27.3. The number of hydrogen-bond acceptors (Lipinski definition) is 9. The SMILES string of the molecule is CC(C)(C)OC(=O)NCc1nc(-c2cc(F)ccc2CC(=O)c2csc(-c3cnn(COCC[Si](C)(C)C)c3)n2)cs1. The molecule has 1 amide bonds. The molecule has 0 aliphatic carbocycles. The Bertz CT molecular complexity index is 1540. The molecule has 0 saturated carbocycles. The summed E-state index contributed by atoms with van der Waals surface area (Å²) < 4.78 is 27.0. The molecule has 42 heavy (non-hydrogen) atoms. The summed E-state index contributed by atoms with van der Waals surface area (Å²) in [6.07, 6.45) is 3.06. The average molecular weight is 630 g/mol. The van der Waals surface area contributed by atoms with Crippen molar-refractivity contribution < 1.29 is 23.5 Å². The number of nitrogens with one attached hydrogen (secondary N) is 1. The van der Waals surface area contributed by atoms with Gasteiger partial charge in [-0.3, -0.25) is 4.79 Å². The Balaban J connectivity index is 1.40. The second-order valence-electron chi connectivity index (χ2n) is 12.0. The standard InChI is InChI=1S/C29H36FN5O4S2Si/c1-29(2,3)39-28(37)31-14-26-33-23(16-40-26)22-12-21(30)8-7-19(22)11-25(36)24-17-41-27(34-24)20-13-32-35(15-20)18-38-9-10-42(4,5)6/h7-8,12-13,15-17H,9-11,14,18H2,1-6H3,(H,31,37). The molecule has 4 rings (SSSR count). The van der Waals surface area contributed by atoms with Gasteiger partial charge in [-0.2, -0.15) is 5.10 Å². The number of carbonyl (C=O) groups is 2. The van der Waals surface area contributed by atoms with Crippen molar-refractivity contribution in [3.63, 3.8) is 0 Å². The van der Waals surface area contributed by atoms with Crippen molar-refractivity contribution >= 4 is 42.6 Å². The van der Waals surface area contributed by atoms with Crippen LogP contribution in [-0.2, 0) is 29.2 Å². The van der Waals surface area contributed by atoms with Crippen LogP contribution in [0.5, 0.6) is 0 Å². The van der Waals surface area contributed by atoms with Crippen molar-refractivity contribution in [3.05, 3.63) is 63.4 Å². The fourth-order valence-corrected chi connectivity index (χ4v) is 6.09. The van der Waals surface area contributed by atoms with Crippen LogP contribution in [0.4, 0.5) is 9.18 Å². The zero-order chi connectivity index (χ0) is 30.5. The second-order valence-corrected chi connectivity index (χ2v) is 19.5. The van der Waals surface area contributed by atoms with E-state index in [1.165, 1.54) is 34.8 Å². The van der Waals surface area contributed by atoms with Gasteiger partial charge >= 0.3 is 6.09 Å². The van der Waals surface area contributed by atoms with Crippen LogP contribution in [0.15, 0.2) is 41.4 Å². The normalized spacial score (nSPS) is 12.0. The number of thiazole rings is 2. The predicted molar refractivity (Wildman–Crippen MR) is 166 cm³/mol. The summed E-state index contributed by atoms with van der Waals surface area (Å²) in [7, 11) is -1.15. The Kier molecular flexibility index (Phi) is 10.1. The minimum Gasteiger partial charge on any atom is -0.444 e. The Labute approximate surface area is 254 Å². The van der Waals surface area contributed by atoms with Gasteiger partial charge in [0.05, 0.1) is 18.4 Å². The van der Waals surface area contributed by atoms with Crippen LogP contribution < -0.4 is 5.32 Å². The van der Waals surface area contributed by atoms with Crippen LogP contribution in [0, 0.1) is 5.82 Å². The molecule has 1 N–H and O–H groups in total. The molecule has 224 valence electrons. The van der Waals surface area contributed by atoms with Crippen molar-refractivity contribution in [1.82, 2.24) is 25.1 Å². The van der Waals surface area contributed by atoms with E-state index in [4.69, 9.17) is 9.47 Å². The maximum atomic E-state index is 14.2. The first kappa shape index (κ1) is 31.7. The van der Waals surface area contributed by atoms with Gasteiger partial charge in [-0.25, -0.2) is 23.8 Å². The molecule has 0 bridgehead atoms. The molecule has 3 aromatic heterocycles. The number of ketones is 1. The highest BCUT2D eigenvalue weighted by atomic mass is 32.1. The summed E-state index contributed by atoms with van der Waals surface area (Å²) >= 11 is 2.70. The van der Waals surface area contributed by atoms with Crippen molar-refractivity contribution in [2.75, 3.05) is 6.61 Å². The monoisotopic (exact) mass is 629 g/mol. The molecule has 0 aliphatic heterocycles. The summed E-state index contributed by atoms with van der Waals surface area (Å²) in [6, 6.07) is 5.38. The van der Waals surface area contributed by atoms with Crippen LogP contribution in [-0.4, -0.2) is 51.9 Å². The molecule has 0 atom stereocenters. The summed E-state index contributed by atoms with van der Waals surface area (Å²) in [4.78, 5) is 34.3. The maximum Gasteiger partial charge on any atom is 0.408 e. The Morgan fingerprint density at radius 1 is 1.12 bits per heavy atom. The van der Waals surface area contributed by atoms with Gasteiger partial charge in [0.1, 0.15) is 33.9 Å². The largest absolute Gasteiger partial charge is 0.444 e. The van der Waals surface area contributed by atoms with Gasteiger partial charge in [0.15, 0.2) is 5.78 Å². The molecule has 0 fully saturated rings. The van der Waals surface area contributed by atoms with Gasteiger partial charge < -0.3 is 14.8 Å². The number of aromatic nitrogens is 4. The van der Waals surface area contributed by atoms with Gasteiger partial charge in [0.25, 0.3) is 0 Å². The molecule has 0 spiro atoms. The highest BCUT2D eigenvalue weighted by molar-refractivity contribution is 7.13. The van der Waals surface area contributed by atoms with E-state index in [1.807, 2.05) is 6.20 Å². The van der Waals surface area contributed by atoms with E-state index in [0.29, 0.717) is 45.9 Å². The van der Waals surface area contributed by atoms with Crippen LogP contribution >= 0.6 is 22.7 Å². The topological polar surface area (TPSA) is 108 Å². The number of amides is 1. The zero-order valence-electron chi connectivity index (χ0n) is 24.7. The lowest BCUT2D eigenvalue weighted by Crippen LogP contribution is -2.32. The van der Waals surface area contributed by atoms with Gasteiger partial charge in [0.2, 0.25) is 0 Å². The molecule has 3 heterocycles. The first-order valence-electron chi connectivity index (χ1n) is 13.6. The number of hydrogen-bond donors (Lipinski definition) is 1. The van der Waals surface area contributed by atoms with E-state index in [9.17, 15) is 14.0 Å². The van der Waals surface area contributed by atoms with E-state index in [-0.39, 0.29) is 18.7 Å². The minimum atomic E-state index is -1.15. The molecule has 4 aromatic rings. The Hall–Kier alpha value is -3.26. The van der Waals surface area contributed by atoms with E-state index >= 15 is 0 Å². The molecule has 0 aliphatic rings. The fourth-order valence-electron chi connectivity index (χ4n) is 3.80. The van der Waals surface area contributed by atoms with Gasteiger partial charge in [-0.15, -0.1) is 22.7 Å². The van der Waals surface area contributed by atoms with E-state index in [2.05, 4.69) is 40.0 Å². The highest BCUT2D eigenvalue weighted by Crippen LogP contribution is 2.29. The van der Waals surface area contributed by atoms with Crippen molar-refractivity contribution in [2.45, 2.75) is 71.8 Å².